The van der Waals surface area contributed by atoms with Crippen molar-refractivity contribution < 1.29 is 9.72 Å². The third-order valence-electron chi connectivity index (χ3n) is 3.75. The van der Waals surface area contributed by atoms with Gasteiger partial charge in [-0.1, -0.05) is 11.6 Å². The summed E-state index contributed by atoms with van der Waals surface area (Å²) in [6.07, 6.45) is 3.29. The highest BCUT2D eigenvalue weighted by molar-refractivity contribution is 5.85. The maximum Gasteiger partial charge on any atom is 0.312 e. The number of hydrogen-bond acceptors (Lipinski definition) is 5. The molecule has 8 nitrogen and oxygen atoms in total. The van der Waals surface area contributed by atoms with Gasteiger partial charge in [0.1, 0.15) is 11.4 Å². The second-order valence-electron chi connectivity index (χ2n) is 5.34. The number of aromatic nitrogens is 2. The maximum atomic E-state index is 11.9. The summed E-state index contributed by atoms with van der Waals surface area (Å²) in [6.45, 7) is 5.95. The van der Waals surface area contributed by atoms with Crippen LogP contribution in [0.25, 0.3) is 0 Å². The van der Waals surface area contributed by atoms with Crippen LogP contribution in [0.5, 0.6) is 0 Å². The topological polar surface area (TPSA) is 102 Å². The first-order valence-electron chi connectivity index (χ1n) is 7.32. The van der Waals surface area contributed by atoms with Gasteiger partial charge in [-0.3, -0.25) is 19.6 Å². The van der Waals surface area contributed by atoms with Gasteiger partial charge in [0.25, 0.3) is 0 Å². The Morgan fingerprint density at radius 3 is 2.83 bits per heavy atom. The Morgan fingerprint density at radius 2 is 2.26 bits per heavy atom. The Bertz CT molecular complexity index is 612. The third-order valence-corrected chi connectivity index (χ3v) is 3.75. The van der Waals surface area contributed by atoms with E-state index >= 15 is 0 Å². The smallest absolute Gasteiger partial charge is 0.312 e. The van der Waals surface area contributed by atoms with Gasteiger partial charge >= 0.3 is 5.69 Å². The summed E-state index contributed by atoms with van der Waals surface area (Å²) in [7, 11) is 0. The SMILES string of the molecule is Cc1nn(CCC(=O)NCC2=CCNCC2)c(C)c1[N+](=O)[O-].Cl. The Labute approximate surface area is 140 Å². The molecule has 2 heterocycles. The van der Waals surface area contributed by atoms with E-state index in [1.165, 1.54) is 10.3 Å². The monoisotopic (exact) mass is 343 g/mol. The van der Waals surface area contributed by atoms with Gasteiger partial charge < -0.3 is 10.6 Å². The van der Waals surface area contributed by atoms with E-state index in [1.807, 2.05) is 0 Å². The zero-order chi connectivity index (χ0) is 16.1. The largest absolute Gasteiger partial charge is 0.352 e. The van der Waals surface area contributed by atoms with Crippen molar-refractivity contribution in [3.05, 3.63) is 33.2 Å². The first-order valence-corrected chi connectivity index (χ1v) is 7.32. The number of carbonyl (C=O) groups excluding carboxylic acids is 1. The zero-order valence-electron chi connectivity index (χ0n) is 13.3. The molecule has 0 bridgehead atoms. The van der Waals surface area contributed by atoms with E-state index in [4.69, 9.17) is 0 Å². The van der Waals surface area contributed by atoms with Gasteiger partial charge in [-0.25, -0.2) is 0 Å². The van der Waals surface area contributed by atoms with Gasteiger partial charge in [-0.05, 0) is 26.8 Å². The minimum atomic E-state index is -0.433. The Kier molecular flexibility index (Phi) is 7.18. The molecule has 0 aliphatic carbocycles. The number of halogens is 1. The van der Waals surface area contributed by atoms with Crippen LogP contribution in [0, 0.1) is 24.0 Å². The van der Waals surface area contributed by atoms with Crippen molar-refractivity contribution in [2.45, 2.75) is 33.2 Å². The molecule has 2 N–H and O–H groups in total. The number of amides is 1. The molecule has 2 rings (SSSR count). The Balaban J connectivity index is 0.00000264. The van der Waals surface area contributed by atoms with E-state index < -0.39 is 4.92 Å². The molecule has 0 saturated carbocycles. The summed E-state index contributed by atoms with van der Waals surface area (Å²) in [6, 6.07) is 0. The van der Waals surface area contributed by atoms with Crippen LogP contribution in [-0.2, 0) is 11.3 Å². The third kappa shape index (κ3) is 5.04. The van der Waals surface area contributed by atoms with E-state index in [0.29, 0.717) is 24.5 Å². The molecule has 0 aromatic carbocycles. The molecule has 1 aromatic heterocycles. The van der Waals surface area contributed by atoms with E-state index in [1.54, 1.807) is 13.8 Å². The summed E-state index contributed by atoms with van der Waals surface area (Å²) < 4.78 is 1.52. The number of rotatable bonds is 6. The fourth-order valence-electron chi connectivity index (χ4n) is 2.51. The molecular weight excluding hydrogens is 322 g/mol. The lowest BCUT2D eigenvalue weighted by molar-refractivity contribution is -0.386. The number of nitrogens with zero attached hydrogens (tertiary/aromatic N) is 3. The molecule has 0 spiro atoms. The molecule has 1 aliphatic rings. The van der Waals surface area contributed by atoms with Crippen molar-refractivity contribution in [3.63, 3.8) is 0 Å². The van der Waals surface area contributed by atoms with Crippen molar-refractivity contribution in [3.8, 4) is 0 Å². The second-order valence-corrected chi connectivity index (χ2v) is 5.34. The molecule has 128 valence electrons. The summed E-state index contributed by atoms with van der Waals surface area (Å²) in [4.78, 5) is 22.4. The van der Waals surface area contributed by atoms with Crippen LogP contribution in [0.3, 0.4) is 0 Å². The van der Waals surface area contributed by atoms with Crippen LogP contribution >= 0.6 is 12.4 Å². The minimum Gasteiger partial charge on any atom is -0.352 e. The van der Waals surface area contributed by atoms with E-state index in [-0.39, 0.29) is 30.4 Å². The molecule has 1 amide bonds. The summed E-state index contributed by atoms with van der Waals surface area (Å²) in [5.74, 6) is -0.0744. The number of nitrogens with one attached hydrogen (secondary N) is 2. The standard InChI is InChI=1S/C14H21N5O3.ClH/c1-10-14(19(21)22)11(2)18(17-10)8-5-13(20)16-9-12-3-6-15-7-4-12;/h3,15H,4-9H2,1-2H3,(H,16,20);1H. The average Bonchev–Trinajstić information content (AvgIpc) is 2.78. The molecular formula is C14H22ClN5O3. The number of carbonyl (C=O) groups is 1. The summed E-state index contributed by atoms with van der Waals surface area (Å²) >= 11 is 0. The lowest BCUT2D eigenvalue weighted by Gasteiger charge is -2.14. The highest BCUT2D eigenvalue weighted by Gasteiger charge is 2.21. The Hall–Kier alpha value is -1.93. The van der Waals surface area contributed by atoms with Gasteiger partial charge in [-0.2, -0.15) is 5.10 Å². The molecule has 0 radical (unpaired) electrons. The normalized spacial score (nSPS) is 13.9. The number of aryl methyl sites for hydroxylation is 2. The van der Waals surface area contributed by atoms with Crippen LogP contribution in [0.4, 0.5) is 5.69 Å². The lowest BCUT2D eigenvalue weighted by Crippen LogP contribution is -2.30. The quantitative estimate of drug-likeness (QED) is 0.460. The van der Waals surface area contributed by atoms with E-state index in [9.17, 15) is 14.9 Å². The van der Waals surface area contributed by atoms with E-state index in [2.05, 4.69) is 21.8 Å². The average molecular weight is 344 g/mol. The van der Waals surface area contributed by atoms with Crippen LogP contribution < -0.4 is 10.6 Å². The second kappa shape index (κ2) is 8.64. The first kappa shape index (κ1) is 19.1. The van der Waals surface area contributed by atoms with Crippen LogP contribution in [0.15, 0.2) is 11.6 Å². The highest BCUT2D eigenvalue weighted by Crippen LogP contribution is 2.21. The fraction of sp³-hybridized carbons (Fsp3) is 0.571. The predicted molar refractivity (Wildman–Crippen MR) is 88.8 cm³/mol. The molecule has 1 aromatic rings. The van der Waals surface area contributed by atoms with Crippen molar-refractivity contribution in [2.75, 3.05) is 19.6 Å². The molecule has 1 aliphatic heterocycles. The first-order chi connectivity index (χ1) is 10.5. The molecule has 23 heavy (non-hydrogen) atoms. The maximum absolute atomic E-state index is 11.9. The molecule has 0 fully saturated rings. The van der Waals surface area contributed by atoms with Gasteiger partial charge in [0.2, 0.25) is 5.91 Å². The van der Waals surface area contributed by atoms with Crippen LogP contribution in [0.1, 0.15) is 24.2 Å². The van der Waals surface area contributed by atoms with Crippen LogP contribution in [0.2, 0.25) is 0 Å². The number of nitro groups is 1. The van der Waals surface area contributed by atoms with Gasteiger partial charge in [0.15, 0.2) is 0 Å². The molecule has 0 atom stereocenters. The number of hydrogen-bond donors (Lipinski definition) is 2. The zero-order valence-corrected chi connectivity index (χ0v) is 14.1. The molecule has 9 heteroatoms. The molecule has 0 saturated heterocycles. The van der Waals surface area contributed by atoms with Crippen molar-refractivity contribution in [1.82, 2.24) is 20.4 Å². The highest BCUT2D eigenvalue weighted by atomic mass is 35.5. The predicted octanol–water partition coefficient (Wildman–Crippen LogP) is 1.26. The van der Waals surface area contributed by atoms with Crippen LogP contribution in [-0.4, -0.2) is 40.2 Å². The van der Waals surface area contributed by atoms with Gasteiger partial charge in [0, 0.05) is 19.5 Å². The fourth-order valence-corrected chi connectivity index (χ4v) is 2.51. The van der Waals surface area contributed by atoms with Crippen molar-refractivity contribution in [1.29, 1.82) is 0 Å². The molecule has 0 unspecified atom stereocenters. The van der Waals surface area contributed by atoms with Gasteiger partial charge in [-0.15, -0.1) is 12.4 Å². The Morgan fingerprint density at radius 1 is 1.52 bits per heavy atom. The van der Waals surface area contributed by atoms with Crippen molar-refractivity contribution >= 4 is 24.0 Å². The lowest BCUT2D eigenvalue weighted by atomic mass is 10.1. The summed E-state index contributed by atoms with van der Waals surface area (Å²) in [5, 5.41) is 21.2. The van der Waals surface area contributed by atoms with Gasteiger partial charge in [0.05, 0.1) is 11.5 Å². The minimum absolute atomic E-state index is 0. The van der Waals surface area contributed by atoms with Crippen molar-refractivity contribution in [2.24, 2.45) is 0 Å². The van der Waals surface area contributed by atoms with E-state index in [0.717, 1.165) is 19.5 Å². The summed E-state index contributed by atoms with van der Waals surface area (Å²) in [5.41, 5.74) is 2.12.